The Morgan fingerprint density at radius 2 is 1.59 bits per heavy atom. The van der Waals surface area contributed by atoms with Gasteiger partial charge in [-0.05, 0) is 67.2 Å². The first-order valence-corrected chi connectivity index (χ1v) is 13.2. The Morgan fingerprint density at radius 3 is 2.24 bits per heavy atom. The number of rotatable bonds is 8. The highest BCUT2D eigenvalue weighted by atomic mass is 16.4. The van der Waals surface area contributed by atoms with E-state index < -0.39 is 5.97 Å². The highest BCUT2D eigenvalue weighted by Crippen LogP contribution is 2.20. The molecule has 0 radical (unpaired) electrons. The van der Waals surface area contributed by atoms with Crippen molar-refractivity contribution < 1.29 is 14.7 Å². The number of carbonyl (C=O) groups excluding carboxylic acids is 1. The molecule has 0 aliphatic carbocycles. The Morgan fingerprint density at radius 1 is 0.902 bits per heavy atom. The Kier molecular flexibility index (Phi) is 10.4. The number of nitrogens with one attached hydrogen (secondary N) is 3. The molecule has 1 aliphatic rings. The Balaban J connectivity index is 0.000000909. The molecule has 1 aliphatic heterocycles. The van der Waals surface area contributed by atoms with Crippen molar-refractivity contribution in [3.05, 3.63) is 96.4 Å². The maximum absolute atomic E-state index is 12.7. The molecule has 2 aromatic heterocycles. The molecule has 3 heterocycles. The van der Waals surface area contributed by atoms with Crippen LogP contribution in [-0.2, 0) is 11.3 Å². The van der Waals surface area contributed by atoms with E-state index in [1.165, 1.54) is 0 Å². The topological polar surface area (TPSA) is 136 Å². The fraction of sp³-hybridized carbons (Fsp3) is 0.233. The van der Waals surface area contributed by atoms with E-state index in [1.807, 2.05) is 66.7 Å². The number of nitrogens with zero attached hydrogens (tertiary/aromatic N) is 5. The molecule has 2 aromatic carbocycles. The first-order valence-electron chi connectivity index (χ1n) is 13.2. The lowest BCUT2D eigenvalue weighted by Crippen LogP contribution is -2.50. The second-order valence-corrected chi connectivity index (χ2v) is 9.50. The van der Waals surface area contributed by atoms with Crippen LogP contribution >= 0.6 is 0 Å². The smallest absolute Gasteiger partial charge is 0.300 e. The molecule has 1 saturated heterocycles. The number of likely N-dealkylation sites (N-methyl/N-ethyl adjacent to an activating group) is 1. The van der Waals surface area contributed by atoms with Gasteiger partial charge in [0.2, 0.25) is 5.95 Å². The van der Waals surface area contributed by atoms with Crippen LogP contribution < -0.4 is 16.1 Å². The van der Waals surface area contributed by atoms with Crippen LogP contribution in [0.5, 0.6) is 0 Å². The van der Waals surface area contributed by atoms with E-state index >= 15 is 0 Å². The van der Waals surface area contributed by atoms with Gasteiger partial charge in [-0.15, -0.1) is 0 Å². The van der Waals surface area contributed by atoms with Crippen molar-refractivity contribution in [3.63, 3.8) is 0 Å². The van der Waals surface area contributed by atoms with E-state index in [9.17, 15) is 4.79 Å². The maximum Gasteiger partial charge on any atom is 0.300 e. The number of aliphatic carboxylic acids is 1. The SMILES string of the molecule is CC(=O)O.CN1CCN(NCc2ccc(C(=O)Nc3ccc(Nc4nccc(-c5cccnc5)n4)cc3)cc2)CC1. The summed E-state index contributed by atoms with van der Waals surface area (Å²) in [5.41, 5.74) is 8.46. The van der Waals surface area contributed by atoms with Crippen LogP contribution in [0.15, 0.2) is 85.3 Å². The predicted molar refractivity (Wildman–Crippen MR) is 159 cm³/mol. The average molecular weight is 555 g/mol. The van der Waals surface area contributed by atoms with Crippen LogP contribution in [0.2, 0.25) is 0 Å². The Hall–Kier alpha value is -4.71. The fourth-order valence-corrected chi connectivity index (χ4v) is 4.00. The van der Waals surface area contributed by atoms with E-state index in [2.05, 4.69) is 48.0 Å². The largest absolute Gasteiger partial charge is 0.481 e. The lowest BCUT2D eigenvalue weighted by atomic mass is 10.1. The number of piperazine rings is 1. The number of hydrogen-bond donors (Lipinski definition) is 4. The molecule has 5 rings (SSSR count). The van der Waals surface area contributed by atoms with Crippen LogP contribution in [0.4, 0.5) is 17.3 Å². The summed E-state index contributed by atoms with van der Waals surface area (Å²) in [5, 5.41) is 15.8. The highest BCUT2D eigenvalue weighted by Gasteiger charge is 2.13. The molecule has 0 atom stereocenters. The zero-order valence-electron chi connectivity index (χ0n) is 23.1. The van der Waals surface area contributed by atoms with Gasteiger partial charge < -0.3 is 20.6 Å². The minimum absolute atomic E-state index is 0.146. The molecule has 0 spiro atoms. The van der Waals surface area contributed by atoms with Gasteiger partial charge in [0.25, 0.3) is 11.9 Å². The summed E-state index contributed by atoms with van der Waals surface area (Å²) in [4.78, 5) is 37.1. The average Bonchev–Trinajstić information content (AvgIpc) is 2.98. The zero-order valence-corrected chi connectivity index (χ0v) is 23.1. The molecule has 4 aromatic rings. The van der Waals surface area contributed by atoms with Gasteiger partial charge in [-0.25, -0.2) is 15.0 Å². The van der Waals surface area contributed by atoms with Crippen molar-refractivity contribution in [2.24, 2.45) is 0 Å². The molecule has 212 valence electrons. The first kappa shape index (κ1) is 29.3. The Bertz CT molecular complexity index is 1400. The molecule has 11 nitrogen and oxygen atoms in total. The first-order chi connectivity index (χ1) is 19.9. The second kappa shape index (κ2) is 14.6. The van der Waals surface area contributed by atoms with E-state index in [1.54, 1.807) is 18.6 Å². The lowest BCUT2D eigenvalue weighted by Gasteiger charge is -2.32. The number of benzene rings is 2. The summed E-state index contributed by atoms with van der Waals surface area (Å²) < 4.78 is 0. The third kappa shape index (κ3) is 9.46. The minimum atomic E-state index is -0.833. The van der Waals surface area contributed by atoms with Gasteiger partial charge in [-0.2, -0.15) is 0 Å². The third-order valence-electron chi connectivity index (χ3n) is 6.24. The molecule has 0 saturated carbocycles. The number of aromatic nitrogens is 3. The van der Waals surface area contributed by atoms with Crippen molar-refractivity contribution >= 4 is 29.2 Å². The summed E-state index contributed by atoms with van der Waals surface area (Å²) in [7, 11) is 2.14. The number of carboxylic acids is 1. The van der Waals surface area contributed by atoms with Crippen LogP contribution in [0.3, 0.4) is 0 Å². The summed E-state index contributed by atoms with van der Waals surface area (Å²) in [6, 6.07) is 20.8. The molecule has 1 fully saturated rings. The summed E-state index contributed by atoms with van der Waals surface area (Å²) in [5.74, 6) is -0.493. The van der Waals surface area contributed by atoms with Gasteiger partial charge in [0.15, 0.2) is 0 Å². The number of carbonyl (C=O) groups is 2. The van der Waals surface area contributed by atoms with Crippen molar-refractivity contribution in [3.8, 4) is 11.3 Å². The minimum Gasteiger partial charge on any atom is -0.481 e. The van der Waals surface area contributed by atoms with Crippen molar-refractivity contribution in [2.75, 3.05) is 43.9 Å². The molecule has 4 N–H and O–H groups in total. The molecule has 1 amide bonds. The summed E-state index contributed by atoms with van der Waals surface area (Å²) in [6.07, 6.45) is 5.20. The van der Waals surface area contributed by atoms with Gasteiger partial charge in [0, 0.05) is 80.7 Å². The maximum atomic E-state index is 12.7. The monoisotopic (exact) mass is 554 g/mol. The Labute approximate surface area is 239 Å². The zero-order chi connectivity index (χ0) is 29.0. The molecule has 41 heavy (non-hydrogen) atoms. The normalized spacial score (nSPS) is 13.5. The van der Waals surface area contributed by atoms with Gasteiger partial charge in [0.1, 0.15) is 0 Å². The van der Waals surface area contributed by atoms with E-state index in [0.717, 1.165) is 62.2 Å². The predicted octanol–water partition coefficient (Wildman–Crippen LogP) is 3.88. The molecular weight excluding hydrogens is 520 g/mol. The van der Waals surface area contributed by atoms with E-state index in [-0.39, 0.29) is 5.91 Å². The fourth-order valence-electron chi connectivity index (χ4n) is 4.00. The standard InChI is InChI=1S/C28H30N8O.C2H4O2/c1-35-15-17-36(18-16-35)31-19-21-4-6-22(7-5-21)27(37)32-24-8-10-25(11-9-24)33-28-30-14-12-26(34-28)23-3-2-13-29-20-23;1-2(3)4/h2-14,20,31H,15-19H2,1H3,(H,32,37)(H,30,33,34);1H3,(H,3,4). The van der Waals surface area contributed by atoms with Crippen molar-refractivity contribution in [1.82, 2.24) is 30.3 Å². The number of hydrazine groups is 1. The van der Waals surface area contributed by atoms with Gasteiger partial charge >= 0.3 is 0 Å². The van der Waals surface area contributed by atoms with Crippen molar-refractivity contribution in [2.45, 2.75) is 13.5 Å². The van der Waals surface area contributed by atoms with E-state index in [4.69, 9.17) is 9.90 Å². The third-order valence-corrected chi connectivity index (χ3v) is 6.24. The van der Waals surface area contributed by atoms with Gasteiger partial charge in [-0.1, -0.05) is 12.1 Å². The van der Waals surface area contributed by atoms with Crippen LogP contribution in [0.25, 0.3) is 11.3 Å². The van der Waals surface area contributed by atoms with Crippen LogP contribution in [0.1, 0.15) is 22.8 Å². The number of carboxylic acid groups (broad SMARTS) is 1. The second-order valence-electron chi connectivity index (χ2n) is 9.50. The quantitative estimate of drug-likeness (QED) is 0.254. The van der Waals surface area contributed by atoms with Crippen LogP contribution in [-0.4, -0.2) is 75.1 Å². The van der Waals surface area contributed by atoms with Crippen molar-refractivity contribution in [1.29, 1.82) is 0 Å². The highest BCUT2D eigenvalue weighted by molar-refractivity contribution is 6.04. The lowest BCUT2D eigenvalue weighted by molar-refractivity contribution is -0.134. The number of amides is 1. The molecular formula is C30H34N8O3. The van der Waals surface area contributed by atoms with Gasteiger partial charge in [-0.3, -0.25) is 20.0 Å². The van der Waals surface area contributed by atoms with Crippen LogP contribution in [0, 0.1) is 0 Å². The summed E-state index contributed by atoms with van der Waals surface area (Å²) in [6.45, 7) is 5.98. The molecule has 0 bridgehead atoms. The number of pyridine rings is 1. The van der Waals surface area contributed by atoms with Gasteiger partial charge in [0.05, 0.1) is 5.69 Å². The number of anilines is 3. The van der Waals surface area contributed by atoms with E-state index in [0.29, 0.717) is 17.2 Å². The summed E-state index contributed by atoms with van der Waals surface area (Å²) >= 11 is 0. The molecule has 11 heteroatoms. The molecule has 0 unspecified atom stereocenters. The number of hydrogen-bond acceptors (Lipinski definition) is 9.